The Labute approximate surface area is 375 Å². The van der Waals surface area contributed by atoms with Gasteiger partial charge in [-0.1, -0.05) is 55.7 Å². The number of pyridine rings is 1. The molecule has 3 N–H and O–H groups in total. The highest BCUT2D eigenvalue weighted by Gasteiger charge is 2.42. The van der Waals surface area contributed by atoms with Crippen molar-refractivity contribution in [3.8, 4) is 11.5 Å². The van der Waals surface area contributed by atoms with Gasteiger partial charge in [0, 0.05) is 70.8 Å². The number of aromatic nitrogens is 2. The molecule has 5 aliphatic rings. The zero-order chi connectivity index (χ0) is 44.2. The Bertz CT molecular complexity index is 2300. The summed E-state index contributed by atoms with van der Waals surface area (Å²) in [6, 6.07) is 15.8. The number of benzene rings is 2. The number of rotatable bonds is 15. The van der Waals surface area contributed by atoms with Crippen LogP contribution in [0.2, 0.25) is 0 Å². The average molecular weight is 878 g/mol. The maximum atomic E-state index is 13.6. The normalized spacial score (nSPS) is 21.9. The number of fused-ring (bicyclic) bond motifs is 2. The number of phenolic OH excluding ortho intramolecular Hbond substituents is 1. The molecule has 9 rings (SSSR count). The number of nitrogens with one attached hydrogen (secondary N) is 1. The number of aryl methyl sites for hydroxylation is 1. The molecular weight excluding hydrogens is 815 g/mol. The summed E-state index contributed by atoms with van der Waals surface area (Å²) in [5, 5.41) is 23.6. The van der Waals surface area contributed by atoms with E-state index in [1.807, 2.05) is 46.8 Å². The summed E-state index contributed by atoms with van der Waals surface area (Å²) in [6.45, 7) is 9.48. The molecule has 6 heterocycles. The lowest BCUT2D eigenvalue weighted by Crippen LogP contribution is -2.58. The van der Waals surface area contributed by atoms with Crippen molar-refractivity contribution >= 4 is 29.1 Å². The van der Waals surface area contributed by atoms with Gasteiger partial charge in [-0.2, -0.15) is 0 Å². The number of nitrogens with zero attached hydrogens (tertiary/aromatic N) is 6. The molecule has 342 valence electrons. The molecule has 2 atom stereocenters. The average Bonchev–Trinajstić information content (AvgIpc) is 3.92. The van der Waals surface area contributed by atoms with Crippen molar-refractivity contribution in [1.29, 1.82) is 0 Å². The van der Waals surface area contributed by atoms with E-state index in [0.29, 0.717) is 81.8 Å². The number of anilines is 1. The van der Waals surface area contributed by atoms with E-state index >= 15 is 0 Å². The van der Waals surface area contributed by atoms with Crippen molar-refractivity contribution in [3.63, 3.8) is 0 Å². The summed E-state index contributed by atoms with van der Waals surface area (Å²) in [5.74, 6) is -0.639. The molecule has 3 saturated heterocycles. The number of piperidine rings is 1. The SMILES string of the molecule is Cc1ccc2nc(C(=O)N3CCOC4(CCN(Cc5cccc(CCOC6CCN(CCN(CCc7ccc(O)c8c7OCC(=O)N8)C7CCCCC7)[C@@H]6C(=O)O)c5)CC4)C3)cn2c1. The Morgan fingerprint density at radius 1 is 0.969 bits per heavy atom. The number of hydrogen-bond donors (Lipinski definition) is 3. The third kappa shape index (κ3) is 10.1. The fourth-order valence-corrected chi connectivity index (χ4v) is 10.7. The topological polar surface area (TPSA) is 162 Å². The lowest BCUT2D eigenvalue weighted by molar-refractivity contribution is -0.146. The van der Waals surface area contributed by atoms with E-state index in [9.17, 15) is 24.6 Å². The first-order chi connectivity index (χ1) is 31.1. The number of aliphatic carboxylic acids is 1. The van der Waals surface area contributed by atoms with Crippen molar-refractivity contribution in [2.75, 3.05) is 77.5 Å². The first kappa shape index (κ1) is 44.2. The van der Waals surface area contributed by atoms with Gasteiger partial charge in [0.1, 0.15) is 28.8 Å². The summed E-state index contributed by atoms with van der Waals surface area (Å²) in [4.78, 5) is 51.8. The number of phenols is 1. The maximum absolute atomic E-state index is 13.6. The Hall–Kier alpha value is -5.06. The molecule has 1 aliphatic carbocycles. The van der Waals surface area contributed by atoms with Crippen molar-refractivity contribution in [2.24, 2.45) is 0 Å². The van der Waals surface area contributed by atoms with Crippen LogP contribution >= 0.6 is 0 Å². The molecule has 1 spiro atoms. The molecule has 0 bridgehead atoms. The van der Waals surface area contributed by atoms with Crippen molar-refractivity contribution in [2.45, 2.75) is 101 Å². The highest BCUT2D eigenvalue weighted by atomic mass is 16.5. The number of aromatic hydroxyl groups is 1. The highest BCUT2D eigenvalue weighted by molar-refractivity contribution is 5.97. The molecule has 64 heavy (non-hydrogen) atoms. The van der Waals surface area contributed by atoms with Crippen LogP contribution in [-0.2, 0) is 38.4 Å². The monoisotopic (exact) mass is 877 g/mol. The third-order valence-electron chi connectivity index (χ3n) is 14.2. The summed E-state index contributed by atoms with van der Waals surface area (Å²) in [6.07, 6.45) is 13.1. The van der Waals surface area contributed by atoms with Crippen LogP contribution < -0.4 is 10.1 Å². The van der Waals surface area contributed by atoms with E-state index in [2.05, 4.69) is 49.3 Å². The van der Waals surface area contributed by atoms with E-state index in [-0.39, 0.29) is 35.9 Å². The zero-order valence-electron chi connectivity index (χ0n) is 37.1. The number of hydrogen-bond acceptors (Lipinski definition) is 11. The van der Waals surface area contributed by atoms with Crippen LogP contribution in [0.3, 0.4) is 0 Å². The number of amides is 2. The Balaban J connectivity index is 0.743. The minimum absolute atomic E-state index is 0.00644. The van der Waals surface area contributed by atoms with Crippen LogP contribution in [0.15, 0.2) is 60.9 Å². The lowest BCUT2D eigenvalue weighted by Gasteiger charge is -2.47. The smallest absolute Gasteiger partial charge is 0.323 e. The van der Waals surface area contributed by atoms with E-state index in [1.54, 1.807) is 6.07 Å². The maximum Gasteiger partial charge on any atom is 0.323 e. The predicted octanol–water partition coefficient (Wildman–Crippen LogP) is 5.15. The van der Waals surface area contributed by atoms with Crippen LogP contribution in [0.5, 0.6) is 11.5 Å². The highest BCUT2D eigenvalue weighted by Crippen LogP contribution is 2.40. The van der Waals surface area contributed by atoms with E-state index in [1.165, 1.54) is 30.4 Å². The minimum atomic E-state index is -0.841. The lowest BCUT2D eigenvalue weighted by atomic mass is 9.89. The van der Waals surface area contributed by atoms with Crippen molar-refractivity contribution in [1.82, 2.24) is 29.0 Å². The van der Waals surface area contributed by atoms with Crippen LogP contribution in [0, 0.1) is 6.92 Å². The summed E-state index contributed by atoms with van der Waals surface area (Å²) >= 11 is 0. The number of carboxylic acids is 1. The molecule has 1 saturated carbocycles. The zero-order valence-corrected chi connectivity index (χ0v) is 37.1. The Morgan fingerprint density at radius 2 is 1.80 bits per heavy atom. The first-order valence-electron chi connectivity index (χ1n) is 23.4. The molecule has 4 aliphatic heterocycles. The van der Waals surface area contributed by atoms with Gasteiger partial charge in [-0.3, -0.25) is 29.1 Å². The number of morpholine rings is 1. The van der Waals surface area contributed by atoms with Gasteiger partial charge in [-0.05, 0) is 86.3 Å². The van der Waals surface area contributed by atoms with Gasteiger partial charge in [-0.25, -0.2) is 4.98 Å². The second kappa shape index (κ2) is 19.6. The number of ether oxygens (including phenoxy) is 3. The van der Waals surface area contributed by atoms with E-state index in [4.69, 9.17) is 14.2 Å². The summed E-state index contributed by atoms with van der Waals surface area (Å²) in [7, 11) is 0. The second-order valence-corrected chi connectivity index (χ2v) is 18.6. The van der Waals surface area contributed by atoms with Crippen molar-refractivity contribution < 1.29 is 38.8 Å². The first-order valence-corrected chi connectivity index (χ1v) is 23.4. The minimum Gasteiger partial charge on any atom is -0.506 e. The Morgan fingerprint density at radius 3 is 2.62 bits per heavy atom. The molecule has 4 aromatic rings. The Kier molecular flexibility index (Phi) is 13.5. The molecule has 1 unspecified atom stereocenters. The standard InChI is InChI=1S/C49H63N7O8/c1-34-10-13-42-50-39(31-56(42)29-34)47(59)55-25-27-64-49(33-55)17-21-52(22-18-49)30-36-7-5-6-35(28-36)16-26-62-41-15-20-54(45(41)48(60)61)24-23-53(38-8-3-2-4-9-38)19-14-37-11-12-40(57)44-46(37)63-32-43(58)51-44/h5-7,10-13,28-29,31,38,41,45,57H,2-4,8-9,14-27,30,32-33H2,1H3,(H,51,58)(H,60,61)/t41?,45-/m0/s1. The van der Waals surface area contributed by atoms with Gasteiger partial charge in [0.05, 0.1) is 31.5 Å². The molecule has 4 fully saturated rings. The van der Waals surface area contributed by atoms with Crippen LogP contribution in [0.25, 0.3) is 5.65 Å². The quantitative estimate of drug-likeness (QED) is 0.135. The predicted molar refractivity (Wildman–Crippen MR) is 241 cm³/mol. The molecular formula is C49H63N7O8. The van der Waals surface area contributed by atoms with Crippen LogP contribution in [0.4, 0.5) is 5.69 Å². The summed E-state index contributed by atoms with van der Waals surface area (Å²) in [5.41, 5.74) is 5.69. The number of carbonyl (C=O) groups excluding carboxylic acids is 2. The molecule has 2 amide bonds. The van der Waals surface area contributed by atoms with Gasteiger partial charge < -0.3 is 39.0 Å². The fourth-order valence-electron chi connectivity index (χ4n) is 10.7. The van der Waals surface area contributed by atoms with Gasteiger partial charge in [0.2, 0.25) is 0 Å². The molecule has 2 aromatic heterocycles. The molecule has 15 nitrogen and oxygen atoms in total. The number of imidazole rings is 1. The van der Waals surface area contributed by atoms with Crippen LogP contribution in [0.1, 0.15) is 84.1 Å². The van der Waals surface area contributed by atoms with Crippen LogP contribution in [-0.4, -0.2) is 153 Å². The second-order valence-electron chi connectivity index (χ2n) is 18.6. The molecule has 2 aromatic carbocycles. The van der Waals surface area contributed by atoms with Gasteiger partial charge >= 0.3 is 5.97 Å². The van der Waals surface area contributed by atoms with Crippen molar-refractivity contribution in [3.05, 3.63) is 88.9 Å². The van der Waals surface area contributed by atoms with Gasteiger partial charge in [0.15, 0.2) is 12.4 Å². The number of carbonyl (C=O) groups is 3. The van der Waals surface area contributed by atoms with E-state index < -0.39 is 12.0 Å². The van der Waals surface area contributed by atoms with E-state index in [0.717, 1.165) is 75.2 Å². The van der Waals surface area contributed by atoms with Gasteiger partial charge in [-0.15, -0.1) is 0 Å². The summed E-state index contributed by atoms with van der Waals surface area (Å²) < 4.78 is 20.5. The molecule has 0 radical (unpaired) electrons. The molecule has 15 heteroatoms. The van der Waals surface area contributed by atoms with Gasteiger partial charge in [0.25, 0.3) is 11.8 Å². The largest absolute Gasteiger partial charge is 0.506 e. The number of likely N-dealkylation sites (tertiary alicyclic amines) is 2. The fraction of sp³-hybridized carbons (Fsp3) is 0.551. The third-order valence-corrected chi connectivity index (χ3v) is 14.2. The number of carboxylic acid groups (broad SMARTS) is 1.